The maximum absolute atomic E-state index is 11.8. The van der Waals surface area contributed by atoms with Crippen LogP contribution in [0.25, 0.3) is 0 Å². The molecule has 4 heteroatoms. The van der Waals surface area contributed by atoms with Gasteiger partial charge in [-0.25, -0.2) is 4.79 Å². The fourth-order valence-electron chi connectivity index (χ4n) is 5.56. The highest BCUT2D eigenvalue weighted by Gasteiger charge is 2.44. The maximum Gasteiger partial charge on any atom is 0.316 e. The van der Waals surface area contributed by atoms with Gasteiger partial charge in [-0.2, -0.15) is 0 Å². The first-order valence-electron chi connectivity index (χ1n) is 11.0. The van der Waals surface area contributed by atoms with Crippen LogP contribution in [0.4, 0.5) is 16.2 Å². The number of primary amides is 1. The molecule has 0 aromatic heterocycles. The minimum absolute atomic E-state index is 0.133. The molecule has 2 aliphatic heterocycles. The molecular formula is C27H29N3O. The number of benzene rings is 3. The standard InChI is InChI=1S/C27H29N3O/c1-26(19-9-5-3-6-10-19)13-15-30-16-14-27(2,20-11-7-4-8-12-20)23-18-21(29-25(28)31)17-22(26)24(23)30/h3-12,17-18H,13-16H2,1-2H3,(H3,28,29,31)/t26-,27-/m0/s1. The van der Waals surface area contributed by atoms with Crippen LogP contribution < -0.4 is 16.0 Å². The van der Waals surface area contributed by atoms with Crippen molar-refractivity contribution in [3.63, 3.8) is 0 Å². The third-order valence-corrected chi connectivity index (χ3v) is 7.47. The van der Waals surface area contributed by atoms with E-state index in [0.29, 0.717) is 0 Å². The first-order valence-corrected chi connectivity index (χ1v) is 11.0. The van der Waals surface area contributed by atoms with Gasteiger partial charge in [0.2, 0.25) is 0 Å². The van der Waals surface area contributed by atoms with Crippen LogP contribution in [0.5, 0.6) is 0 Å². The van der Waals surface area contributed by atoms with Crippen molar-refractivity contribution in [2.24, 2.45) is 5.73 Å². The number of hydrogen-bond donors (Lipinski definition) is 2. The summed E-state index contributed by atoms with van der Waals surface area (Å²) in [4.78, 5) is 14.3. The Morgan fingerprint density at radius 3 is 1.71 bits per heavy atom. The van der Waals surface area contributed by atoms with Crippen LogP contribution in [-0.4, -0.2) is 19.1 Å². The first kappa shape index (κ1) is 19.7. The maximum atomic E-state index is 11.8. The number of carbonyl (C=O) groups is 1. The Morgan fingerprint density at radius 1 is 0.839 bits per heavy atom. The molecule has 0 bridgehead atoms. The molecule has 0 aliphatic carbocycles. The molecule has 0 fully saturated rings. The van der Waals surface area contributed by atoms with Crippen LogP contribution in [0, 0.1) is 0 Å². The summed E-state index contributed by atoms with van der Waals surface area (Å²) < 4.78 is 0. The molecule has 2 aliphatic rings. The van der Waals surface area contributed by atoms with Crippen molar-refractivity contribution >= 4 is 17.4 Å². The van der Waals surface area contributed by atoms with E-state index in [9.17, 15) is 4.79 Å². The molecule has 4 nitrogen and oxygen atoms in total. The largest absolute Gasteiger partial charge is 0.371 e. The Morgan fingerprint density at radius 2 is 1.29 bits per heavy atom. The third-order valence-electron chi connectivity index (χ3n) is 7.47. The summed E-state index contributed by atoms with van der Waals surface area (Å²) in [5.41, 5.74) is 12.5. The summed E-state index contributed by atoms with van der Waals surface area (Å²) >= 11 is 0. The van der Waals surface area contributed by atoms with Crippen LogP contribution in [0.1, 0.15) is 48.9 Å². The second kappa shape index (κ2) is 7.16. The van der Waals surface area contributed by atoms with Gasteiger partial charge in [0.05, 0.1) is 0 Å². The van der Waals surface area contributed by atoms with Crippen molar-refractivity contribution in [3.8, 4) is 0 Å². The molecule has 3 aromatic rings. The fraction of sp³-hybridized carbons (Fsp3) is 0.296. The van der Waals surface area contributed by atoms with Crippen molar-refractivity contribution < 1.29 is 4.79 Å². The lowest BCUT2D eigenvalue weighted by atomic mass is 9.64. The second-order valence-corrected chi connectivity index (χ2v) is 9.29. The van der Waals surface area contributed by atoms with Crippen molar-refractivity contribution in [1.29, 1.82) is 0 Å². The summed E-state index contributed by atoms with van der Waals surface area (Å²) in [6.07, 6.45) is 2.07. The molecular weight excluding hydrogens is 382 g/mol. The van der Waals surface area contributed by atoms with Crippen LogP contribution >= 0.6 is 0 Å². The number of urea groups is 1. The molecule has 0 saturated carbocycles. The fourth-order valence-corrected chi connectivity index (χ4v) is 5.56. The number of nitrogens with zero attached hydrogens (tertiary/aromatic N) is 1. The average Bonchev–Trinajstić information content (AvgIpc) is 2.79. The minimum Gasteiger partial charge on any atom is -0.371 e. The van der Waals surface area contributed by atoms with Gasteiger partial charge in [0.15, 0.2) is 0 Å². The van der Waals surface area contributed by atoms with E-state index in [1.807, 2.05) is 0 Å². The van der Waals surface area contributed by atoms with Crippen molar-refractivity contribution in [1.82, 2.24) is 0 Å². The van der Waals surface area contributed by atoms with Gasteiger partial charge in [-0.3, -0.25) is 0 Å². The smallest absolute Gasteiger partial charge is 0.316 e. The highest BCUT2D eigenvalue weighted by atomic mass is 16.2. The molecule has 31 heavy (non-hydrogen) atoms. The Kier molecular flexibility index (Phi) is 4.54. The zero-order chi connectivity index (χ0) is 21.6. The topological polar surface area (TPSA) is 58.4 Å². The summed E-state index contributed by atoms with van der Waals surface area (Å²) in [5, 5.41) is 2.87. The van der Waals surface area contributed by atoms with Gasteiger partial charge in [-0.15, -0.1) is 0 Å². The van der Waals surface area contributed by atoms with E-state index in [2.05, 4.69) is 96.9 Å². The Labute approximate surface area is 184 Å². The van der Waals surface area contributed by atoms with E-state index in [1.54, 1.807) is 0 Å². The molecule has 0 spiro atoms. The van der Waals surface area contributed by atoms with Gasteiger partial charge in [-0.1, -0.05) is 74.5 Å². The molecule has 0 saturated heterocycles. The molecule has 0 radical (unpaired) electrons. The number of rotatable bonds is 3. The number of nitrogens with two attached hydrogens (primary N) is 1. The van der Waals surface area contributed by atoms with E-state index in [-0.39, 0.29) is 10.8 Å². The van der Waals surface area contributed by atoms with Crippen LogP contribution in [0.2, 0.25) is 0 Å². The summed E-state index contributed by atoms with van der Waals surface area (Å²) in [7, 11) is 0. The van der Waals surface area contributed by atoms with Gasteiger partial charge in [0, 0.05) is 35.3 Å². The zero-order valence-corrected chi connectivity index (χ0v) is 18.2. The minimum atomic E-state index is -0.529. The van der Waals surface area contributed by atoms with Crippen molar-refractivity contribution in [2.75, 3.05) is 23.3 Å². The van der Waals surface area contributed by atoms with Gasteiger partial charge < -0.3 is 16.0 Å². The number of hydrogen-bond acceptors (Lipinski definition) is 2. The van der Waals surface area contributed by atoms with Crippen LogP contribution in [-0.2, 0) is 10.8 Å². The molecule has 2 atom stereocenters. The number of amides is 2. The zero-order valence-electron chi connectivity index (χ0n) is 18.2. The lowest BCUT2D eigenvalue weighted by Crippen LogP contribution is -2.47. The normalized spacial score (nSPS) is 24.4. The summed E-state index contributed by atoms with van der Waals surface area (Å²) in [6.45, 7) is 6.72. The summed E-state index contributed by atoms with van der Waals surface area (Å²) in [6, 6.07) is 25.2. The van der Waals surface area contributed by atoms with E-state index >= 15 is 0 Å². The molecule has 0 unspecified atom stereocenters. The van der Waals surface area contributed by atoms with E-state index < -0.39 is 6.03 Å². The number of anilines is 2. The highest BCUT2D eigenvalue weighted by molar-refractivity contribution is 5.89. The number of nitrogens with one attached hydrogen (secondary N) is 1. The number of carbonyl (C=O) groups excluding carboxylic acids is 1. The highest BCUT2D eigenvalue weighted by Crippen LogP contribution is 2.53. The van der Waals surface area contributed by atoms with E-state index in [0.717, 1.165) is 31.6 Å². The predicted molar refractivity (Wildman–Crippen MR) is 127 cm³/mol. The van der Waals surface area contributed by atoms with Crippen LogP contribution in [0.3, 0.4) is 0 Å². The molecule has 5 rings (SSSR count). The predicted octanol–water partition coefficient (Wildman–Crippen LogP) is 5.40. The Bertz CT molecular complexity index is 1050. The molecule has 158 valence electrons. The second-order valence-electron chi connectivity index (χ2n) is 9.29. The third kappa shape index (κ3) is 3.09. The lowest BCUT2D eigenvalue weighted by molar-refractivity contribution is 0.259. The first-order chi connectivity index (χ1) is 14.9. The van der Waals surface area contributed by atoms with Gasteiger partial charge in [-0.05, 0) is 47.2 Å². The summed E-state index contributed by atoms with van der Waals surface area (Å²) in [5.74, 6) is 0. The van der Waals surface area contributed by atoms with Crippen molar-refractivity contribution in [3.05, 3.63) is 95.1 Å². The Balaban J connectivity index is 1.79. The van der Waals surface area contributed by atoms with Gasteiger partial charge >= 0.3 is 6.03 Å². The van der Waals surface area contributed by atoms with Crippen molar-refractivity contribution in [2.45, 2.75) is 37.5 Å². The molecule has 3 aromatic carbocycles. The monoisotopic (exact) mass is 411 g/mol. The van der Waals surface area contributed by atoms with Crippen LogP contribution in [0.15, 0.2) is 72.8 Å². The quantitative estimate of drug-likeness (QED) is 0.606. The van der Waals surface area contributed by atoms with Gasteiger partial charge in [0.1, 0.15) is 0 Å². The average molecular weight is 412 g/mol. The SMILES string of the molecule is C[C@@]1(c2ccccc2)CCN2CC[C@@](C)(c3ccccc3)c3cc(NC(N)=O)cc1c32. The Hall–Kier alpha value is -3.27. The van der Waals surface area contributed by atoms with E-state index in [4.69, 9.17) is 5.73 Å². The molecule has 2 heterocycles. The van der Waals surface area contributed by atoms with E-state index in [1.165, 1.54) is 27.9 Å². The van der Waals surface area contributed by atoms with Gasteiger partial charge in [0.25, 0.3) is 0 Å². The molecule has 2 amide bonds. The molecule has 3 N–H and O–H groups in total. The lowest BCUT2D eigenvalue weighted by Gasteiger charge is -2.50.